The van der Waals surface area contributed by atoms with Gasteiger partial charge in [0.15, 0.2) is 0 Å². The zero-order valence-corrected chi connectivity index (χ0v) is 17.2. The fraction of sp³-hybridized carbons (Fsp3) is 0.208. The number of benzene rings is 2. The van der Waals surface area contributed by atoms with Crippen LogP contribution in [0.2, 0.25) is 0 Å². The summed E-state index contributed by atoms with van der Waals surface area (Å²) < 4.78 is 1.87. The molecule has 0 spiro atoms. The van der Waals surface area contributed by atoms with Crippen LogP contribution in [0.1, 0.15) is 29.6 Å². The molecule has 5 rings (SSSR count). The average Bonchev–Trinajstić information content (AvgIpc) is 3.20. The van der Waals surface area contributed by atoms with Crippen molar-refractivity contribution in [2.24, 2.45) is 5.73 Å². The van der Waals surface area contributed by atoms with E-state index in [1.807, 2.05) is 41.0 Å². The number of nitrogens with zero attached hydrogens (tertiary/aromatic N) is 4. The maximum absolute atomic E-state index is 11.9. The van der Waals surface area contributed by atoms with E-state index in [4.69, 9.17) is 5.73 Å². The maximum atomic E-state index is 11.9. The van der Waals surface area contributed by atoms with Crippen molar-refractivity contribution in [1.29, 1.82) is 0 Å². The number of carbonyl (C=O) groups is 1. The summed E-state index contributed by atoms with van der Waals surface area (Å²) in [5.74, 6) is 0.692. The molecule has 3 N–H and O–H groups in total. The van der Waals surface area contributed by atoms with Crippen molar-refractivity contribution in [3.63, 3.8) is 0 Å². The van der Waals surface area contributed by atoms with Gasteiger partial charge in [0.1, 0.15) is 5.82 Å². The van der Waals surface area contributed by atoms with Gasteiger partial charge in [-0.05, 0) is 49.6 Å². The molecule has 156 valence electrons. The second-order valence-electron chi connectivity index (χ2n) is 7.76. The number of nitrogens with one attached hydrogen (secondary N) is 1. The third-order valence-corrected chi connectivity index (χ3v) is 5.69. The number of aromatic nitrogens is 3. The number of fused-ring (bicyclic) bond motifs is 1. The highest BCUT2D eigenvalue weighted by Crippen LogP contribution is 2.26. The van der Waals surface area contributed by atoms with Crippen LogP contribution in [0.25, 0.3) is 16.7 Å². The second kappa shape index (κ2) is 8.10. The first-order chi connectivity index (χ1) is 15.2. The smallest absolute Gasteiger partial charge is 0.250 e. The predicted molar refractivity (Wildman–Crippen MR) is 123 cm³/mol. The lowest BCUT2D eigenvalue weighted by Crippen LogP contribution is -2.29. The van der Waals surface area contributed by atoms with Crippen LogP contribution in [-0.2, 0) is 0 Å². The fourth-order valence-electron chi connectivity index (χ4n) is 4.17. The zero-order chi connectivity index (χ0) is 21.2. The molecule has 0 unspecified atom stereocenters. The van der Waals surface area contributed by atoms with E-state index in [1.54, 1.807) is 12.4 Å². The monoisotopic (exact) mass is 412 g/mol. The predicted octanol–water partition coefficient (Wildman–Crippen LogP) is 4.25. The van der Waals surface area contributed by atoms with Gasteiger partial charge in [0.2, 0.25) is 5.95 Å². The van der Waals surface area contributed by atoms with Gasteiger partial charge in [-0.1, -0.05) is 24.3 Å². The van der Waals surface area contributed by atoms with E-state index in [9.17, 15) is 4.79 Å². The van der Waals surface area contributed by atoms with Gasteiger partial charge in [-0.3, -0.25) is 4.79 Å². The molecule has 31 heavy (non-hydrogen) atoms. The molecule has 0 aliphatic carbocycles. The van der Waals surface area contributed by atoms with E-state index < -0.39 is 5.91 Å². The Balaban J connectivity index is 1.46. The van der Waals surface area contributed by atoms with Crippen molar-refractivity contribution < 1.29 is 4.79 Å². The fourth-order valence-corrected chi connectivity index (χ4v) is 4.17. The molecule has 1 aliphatic rings. The molecule has 1 amide bonds. The first kappa shape index (κ1) is 19.1. The van der Waals surface area contributed by atoms with E-state index >= 15 is 0 Å². The van der Waals surface area contributed by atoms with Crippen molar-refractivity contribution >= 4 is 34.1 Å². The highest BCUT2D eigenvalue weighted by Gasteiger charge is 2.15. The van der Waals surface area contributed by atoms with Crippen LogP contribution in [0.4, 0.5) is 17.3 Å². The number of hydrogen-bond acceptors (Lipinski definition) is 5. The van der Waals surface area contributed by atoms with Gasteiger partial charge in [-0.2, -0.15) is 4.98 Å². The molecule has 0 bridgehead atoms. The normalized spacial score (nSPS) is 14.0. The highest BCUT2D eigenvalue weighted by atomic mass is 16.1. The Morgan fingerprint density at radius 2 is 1.84 bits per heavy atom. The van der Waals surface area contributed by atoms with Crippen LogP contribution in [0.5, 0.6) is 0 Å². The zero-order valence-electron chi connectivity index (χ0n) is 17.2. The lowest BCUT2D eigenvalue weighted by Gasteiger charge is -2.29. The minimum absolute atomic E-state index is 0.461. The minimum Gasteiger partial charge on any atom is -0.371 e. The summed E-state index contributed by atoms with van der Waals surface area (Å²) >= 11 is 0. The summed E-state index contributed by atoms with van der Waals surface area (Å²) in [7, 11) is 0. The summed E-state index contributed by atoms with van der Waals surface area (Å²) in [5, 5.41) is 4.12. The number of carbonyl (C=O) groups excluding carboxylic acids is 1. The second-order valence-corrected chi connectivity index (χ2v) is 7.76. The van der Waals surface area contributed by atoms with Crippen molar-refractivity contribution in [2.45, 2.75) is 19.3 Å². The number of amides is 1. The van der Waals surface area contributed by atoms with Crippen molar-refractivity contribution in [1.82, 2.24) is 14.5 Å². The third-order valence-electron chi connectivity index (χ3n) is 5.69. The van der Waals surface area contributed by atoms with Gasteiger partial charge < -0.3 is 20.5 Å². The molecule has 4 aromatic rings. The number of primary amides is 1. The Bertz CT molecular complexity index is 1240. The molecule has 1 aliphatic heterocycles. The van der Waals surface area contributed by atoms with Gasteiger partial charge in [-0.15, -0.1) is 0 Å². The molecule has 3 heterocycles. The number of rotatable bonds is 5. The van der Waals surface area contributed by atoms with Crippen LogP contribution in [0, 0.1) is 0 Å². The molecule has 7 nitrogen and oxygen atoms in total. The van der Waals surface area contributed by atoms with E-state index in [0.717, 1.165) is 29.7 Å². The first-order valence-electron chi connectivity index (χ1n) is 10.5. The molecule has 0 radical (unpaired) electrons. The van der Waals surface area contributed by atoms with Crippen molar-refractivity contribution in [2.75, 3.05) is 23.3 Å². The van der Waals surface area contributed by atoms with Crippen LogP contribution in [-0.4, -0.2) is 33.5 Å². The van der Waals surface area contributed by atoms with E-state index in [2.05, 4.69) is 38.4 Å². The number of anilines is 3. The standard InChI is InChI=1S/C24H24N6O/c25-23(31)20-16-30(21-10-3-2-9-19(20)21)22-11-12-26-24(28-22)27-17-7-6-8-18(15-17)29-13-4-1-5-14-29/h2-3,6-12,15-16H,1,4-5,13-14H2,(H2,25,31)(H,26,27,28). The molecule has 1 fully saturated rings. The van der Waals surface area contributed by atoms with Gasteiger partial charge in [-0.25, -0.2) is 4.98 Å². The van der Waals surface area contributed by atoms with Crippen molar-refractivity contribution in [3.05, 3.63) is 72.6 Å². The Morgan fingerprint density at radius 1 is 1.00 bits per heavy atom. The van der Waals surface area contributed by atoms with Gasteiger partial charge >= 0.3 is 0 Å². The number of piperidine rings is 1. The molecule has 1 saturated heterocycles. The summed E-state index contributed by atoms with van der Waals surface area (Å²) in [6.45, 7) is 2.19. The largest absolute Gasteiger partial charge is 0.371 e. The Labute approximate surface area is 180 Å². The topological polar surface area (TPSA) is 89.1 Å². The quantitative estimate of drug-likeness (QED) is 0.511. The van der Waals surface area contributed by atoms with Crippen molar-refractivity contribution in [3.8, 4) is 5.82 Å². The molecule has 2 aromatic heterocycles. The van der Waals surface area contributed by atoms with Crippen LogP contribution in [0.15, 0.2) is 67.0 Å². The Kier molecular flexibility index (Phi) is 5.00. The van der Waals surface area contributed by atoms with Crippen LogP contribution < -0.4 is 16.0 Å². The third kappa shape index (κ3) is 3.82. The van der Waals surface area contributed by atoms with E-state index in [-0.39, 0.29) is 0 Å². The van der Waals surface area contributed by atoms with Crippen LogP contribution in [0.3, 0.4) is 0 Å². The summed E-state index contributed by atoms with van der Waals surface area (Å²) in [6.07, 6.45) is 7.22. The molecular formula is C24H24N6O. The SMILES string of the molecule is NC(=O)c1cn(-c2ccnc(Nc3cccc(N4CCCCC4)c3)n2)c2ccccc12. The summed E-state index contributed by atoms with van der Waals surface area (Å²) in [5.41, 5.74) is 9.07. The molecule has 2 aromatic carbocycles. The number of para-hydroxylation sites is 1. The molecule has 7 heteroatoms. The average molecular weight is 412 g/mol. The minimum atomic E-state index is -0.461. The van der Waals surface area contributed by atoms with Gasteiger partial charge in [0.05, 0.1) is 11.1 Å². The Morgan fingerprint density at radius 3 is 2.68 bits per heavy atom. The number of nitrogens with two attached hydrogens (primary N) is 1. The number of hydrogen-bond donors (Lipinski definition) is 2. The first-order valence-corrected chi connectivity index (χ1v) is 10.5. The molecular weight excluding hydrogens is 388 g/mol. The summed E-state index contributed by atoms with van der Waals surface area (Å²) in [6, 6.07) is 17.8. The van der Waals surface area contributed by atoms with E-state index in [0.29, 0.717) is 17.3 Å². The maximum Gasteiger partial charge on any atom is 0.250 e. The molecule has 0 atom stereocenters. The lowest BCUT2D eigenvalue weighted by atomic mass is 10.1. The Hall–Kier alpha value is -3.87. The lowest BCUT2D eigenvalue weighted by molar-refractivity contribution is 0.100. The van der Waals surface area contributed by atoms with Crippen LogP contribution >= 0.6 is 0 Å². The summed E-state index contributed by atoms with van der Waals surface area (Å²) in [4.78, 5) is 23.4. The van der Waals surface area contributed by atoms with E-state index in [1.165, 1.54) is 24.9 Å². The highest BCUT2D eigenvalue weighted by molar-refractivity contribution is 6.06. The van der Waals surface area contributed by atoms with Gasteiger partial charge in [0.25, 0.3) is 5.91 Å². The van der Waals surface area contributed by atoms with Gasteiger partial charge in [0, 0.05) is 42.2 Å². The molecule has 0 saturated carbocycles.